The summed E-state index contributed by atoms with van der Waals surface area (Å²) in [6.07, 6.45) is 2.55. The standard InChI is InChI=1S/C12H13BrO2/c1-8-6-9(13)2-4-11(8)12-5-3-10(7-14)15-12/h2,4,6-7,10,12H,3,5H2,1H3. The lowest BCUT2D eigenvalue weighted by molar-refractivity contribution is -0.117. The summed E-state index contributed by atoms with van der Waals surface area (Å²) in [5.41, 5.74) is 2.41. The summed E-state index contributed by atoms with van der Waals surface area (Å²) in [4.78, 5) is 10.6. The van der Waals surface area contributed by atoms with Crippen LogP contribution in [0.25, 0.3) is 0 Å². The van der Waals surface area contributed by atoms with Crippen molar-refractivity contribution in [3.05, 3.63) is 33.8 Å². The van der Waals surface area contributed by atoms with Gasteiger partial charge in [0.15, 0.2) is 0 Å². The van der Waals surface area contributed by atoms with Gasteiger partial charge < -0.3 is 9.53 Å². The van der Waals surface area contributed by atoms with E-state index in [1.54, 1.807) is 0 Å². The topological polar surface area (TPSA) is 26.3 Å². The molecule has 0 bridgehead atoms. The van der Waals surface area contributed by atoms with Gasteiger partial charge in [-0.15, -0.1) is 0 Å². The van der Waals surface area contributed by atoms with Crippen LogP contribution in [0.5, 0.6) is 0 Å². The van der Waals surface area contributed by atoms with E-state index in [0.717, 1.165) is 23.6 Å². The number of hydrogen-bond acceptors (Lipinski definition) is 2. The number of halogens is 1. The highest BCUT2D eigenvalue weighted by atomic mass is 79.9. The minimum Gasteiger partial charge on any atom is -0.363 e. The monoisotopic (exact) mass is 268 g/mol. The molecule has 2 unspecified atom stereocenters. The molecular formula is C12H13BrO2. The molecule has 1 aliphatic rings. The van der Waals surface area contributed by atoms with Crippen molar-refractivity contribution in [2.75, 3.05) is 0 Å². The summed E-state index contributed by atoms with van der Waals surface area (Å²) in [6, 6.07) is 6.16. The van der Waals surface area contributed by atoms with Crippen molar-refractivity contribution < 1.29 is 9.53 Å². The molecule has 0 aromatic heterocycles. The first-order valence-electron chi connectivity index (χ1n) is 5.07. The molecule has 1 fully saturated rings. The van der Waals surface area contributed by atoms with Crippen LogP contribution in [0.1, 0.15) is 30.1 Å². The van der Waals surface area contributed by atoms with Crippen molar-refractivity contribution in [1.82, 2.24) is 0 Å². The highest BCUT2D eigenvalue weighted by molar-refractivity contribution is 9.10. The van der Waals surface area contributed by atoms with Crippen molar-refractivity contribution in [2.45, 2.75) is 32.0 Å². The van der Waals surface area contributed by atoms with Crippen LogP contribution in [0.3, 0.4) is 0 Å². The number of ether oxygens (including phenoxy) is 1. The molecule has 3 heteroatoms. The number of carbonyl (C=O) groups excluding carboxylic acids is 1. The van der Waals surface area contributed by atoms with Gasteiger partial charge in [0.2, 0.25) is 0 Å². The van der Waals surface area contributed by atoms with Crippen molar-refractivity contribution in [3.8, 4) is 0 Å². The predicted octanol–water partition coefficient (Wildman–Crippen LogP) is 3.18. The summed E-state index contributed by atoms with van der Waals surface area (Å²) >= 11 is 3.43. The fourth-order valence-corrected chi connectivity index (χ4v) is 2.47. The lowest BCUT2D eigenvalue weighted by Crippen LogP contribution is -2.07. The number of benzene rings is 1. The molecule has 2 nitrogen and oxygen atoms in total. The Morgan fingerprint density at radius 1 is 1.47 bits per heavy atom. The third-order valence-corrected chi connectivity index (χ3v) is 3.28. The molecule has 1 aromatic rings. The zero-order chi connectivity index (χ0) is 10.8. The molecule has 0 N–H and O–H groups in total. The van der Waals surface area contributed by atoms with Gasteiger partial charge >= 0.3 is 0 Å². The molecule has 0 saturated carbocycles. The Bertz CT molecular complexity index is 376. The van der Waals surface area contributed by atoms with E-state index in [1.807, 2.05) is 6.07 Å². The minimum absolute atomic E-state index is 0.0910. The van der Waals surface area contributed by atoms with E-state index in [2.05, 4.69) is 35.0 Å². The van der Waals surface area contributed by atoms with Crippen LogP contribution in [0, 0.1) is 6.92 Å². The maximum atomic E-state index is 10.6. The highest BCUT2D eigenvalue weighted by Crippen LogP contribution is 2.34. The fourth-order valence-electron chi connectivity index (χ4n) is 1.99. The van der Waals surface area contributed by atoms with Crippen molar-refractivity contribution in [2.24, 2.45) is 0 Å². The summed E-state index contributed by atoms with van der Waals surface area (Å²) in [5, 5.41) is 0. The molecule has 0 radical (unpaired) electrons. The average Bonchev–Trinajstić information content (AvgIpc) is 2.66. The zero-order valence-electron chi connectivity index (χ0n) is 8.57. The Labute approximate surface area is 97.8 Å². The van der Waals surface area contributed by atoms with E-state index in [9.17, 15) is 4.79 Å². The fraction of sp³-hybridized carbons (Fsp3) is 0.417. The molecule has 2 rings (SSSR count). The number of aryl methyl sites for hydroxylation is 1. The SMILES string of the molecule is Cc1cc(Br)ccc1C1CCC(C=O)O1. The van der Waals surface area contributed by atoms with Crippen LogP contribution in [-0.4, -0.2) is 12.4 Å². The molecule has 1 aliphatic heterocycles. The van der Waals surface area contributed by atoms with E-state index in [1.165, 1.54) is 11.1 Å². The van der Waals surface area contributed by atoms with E-state index in [0.29, 0.717) is 0 Å². The smallest absolute Gasteiger partial charge is 0.148 e. The molecule has 0 aliphatic carbocycles. The van der Waals surface area contributed by atoms with Crippen LogP contribution in [0.15, 0.2) is 22.7 Å². The Kier molecular flexibility index (Phi) is 3.22. The Morgan fingerprint density at radius 2 is 2.27 bits per heavy atom. The first kappa shape index (κ1) is 10.8. The summed E-state index contributed by atoms with van der Waals surface area (Å²) in [7, 11) is 0. The van der Waals surface area contributed by atoms with Crippen LogP contribution in [0.2, 0.25) is 0 Å². The molecule has 1 aromatic carbocycles. The third kappa shape index (κ3) is 2.29. The average molecular weight is 269 g/mol. The van der Waals surface area contributed by atoms with E-state index in [-0.39, 0.29) is 12.2 Å². The van der Waals surface area contributed by atoms with Crippen LogP contribution >= 0.6 is 15.9 Å². The molecule has 2 atom stereocenters. The number of carbonyl (C=O) groups is 1. The molecule has 0 amide bonds. The first-order chi connectivity index (χ1) is 7.20. The van der Waals surface area contributed by atoms with Crippen LogP contribution in [-0.2, 0) is 9.53 Å². The predicted molar refractivity (Wildman–Crippen MR) is 61.8 cm³/mol. The Hall–Kier alpha value is -0.670. The van der Waals surface area contributed by atoms with Crippen LogP contribution in [0.4, 0.5) is 0 Å². The summed E-state index contributed by atoms with van der Waals surface area (Å²) in [5.74, 6) is 0. The first-order valence-corrected chi connectivity index (χ1v) is 5.87. The van der Waals surface area contributed by atoms with Gasteiger partial charge in [0, 0.05) is 4.47 Å². The van der Waals surface area contributed by atoms with Crippen LogP contribution < -0.4 is 0 Å². The second kappa shape index (κ2) is 4.45. The van der Waals surface area contributed by atoms with Crippen molar-refractivity contribution >= 4 is 22.2 Å². The van der Waals surface area contributed by atoms with Crippen molar-refractivity contribution in [3.63, 3.8) is 0 Å². The minimum atomic E-state index is -0.210. The lowest BCUT2D eigenvalue weighted by atomic mass is 10.0. The van der Waals surface area contributed by atoms with E-state index >= 15 is 0 Å². The van der Waals surface area contributed by atoms with Gasteiger partial charge in [0.05, 0.1) is 6.10 Å². The third-order valence-electron chi connectivity index (χ3n) is 2.78. The van der Waals surface area contributed by atoms with Gasteiger partial charge in [-0.1, -0.05) is 22.0 Å². The van der Waals surface area contributed by atoms with Gasteiger partial charge in [0.1, 0.15) is 12.4 Å². The van der Waals surface area contributed by atoms with Gasteiger partial charge in [-0.25, -0.2) is 0 Å². The second-order valence-corrected chi connectivity index (χ2v) is 4.79. The number of rotatable bonds is 2. The maximum absolute atomic E-state index is 10.6. The van der Waals surface area contributed by atoms with Gasteiger partial charge in [-0.3, -0.25) is 0 Å². The molecule has 0 spiro atoms. The zero-order valence-corrected chi connectivity index (χ0v) is 10.2. The largest absolute Gasteiger partial charge is 0.363 e. The number of hydrogen-bond donors (Lipinski definition) is 0. The lowest BCUT2D eigenvalue weighted by Gasteiger charge is -2.13. The van der Waals surface area contributed by atoms with E-state index < -0.39 is 0 Å². The number of aldehydes is 1. The quantitative estimate of drug-likeness (QED) is 0.771. The Morgan fingerprint density at radius 3 is 2.87 bits per heavy atom. The molecule has 1 heterocycles. The molecule has 1 saturated heterocycles. The molecule has 15 heavy (non-hydrogen) atoms. The highest BCUT2D eigenvalue weighted by Gasteiger charge is 2.26. The van der Waals surface area contributed by atoms with E-state index in [4.69, 9.17) is 4.74 Å². The summed E-state index contributed by atoms with van der Waals surface area (Å²) < 4.78 is 6.71. The maximum Gasteiger partial charge on any atom is 0.148 e. The van der Waals surface area contributed by atoms with Crippen molar-refractivity contribution in [1.29, 1.82) is 0 Å². The normalized spacial score (nSPS) is 25.5. The van der Waals surface area contributed by atoms with Gasteiger partial charge in [0.25, 0.3) is 0 Å². The molecule has 80 valence electrons. The van der Waals surface area contributed by atoms with Gasteiger partial charge in [-0.05, 0) is 43.0 Å². The molecular weight excluding hydrogens is 256 g/mol. The Balaban J connectivity index is 2.20. The summed E-state index contributed by atoms with van der Waals surface area (Å²) in [6.45, 7) is 2.07. The van der Waals surface area contributed by atoms with Gasteiger partial charge in [-0.2, -0.15) is 0 Å². The second-order valence-electron chi connectivity index (χ2n) is 3.88.